The molecule has 0 saturated carbocycles. The van der Waals surface area contributed by atoms with E-state index in [1.165, 1.54) is 0 Å². The number of rotatable bonds is 4. The van der Waals surface area contributed by atoms with Crippen LogP contribution in [0.4, 0.5) is 18.3 Å². The molecule has 114 valence electrons. The largest absolute Gasteiger partial charge is 0.452 e. The first-order valence-electron chi connectivity index (χ1n) is 6.55. The van der Waals surface area contributed by atoms with Gasteiger partial charge in [-0.15, -0.1) is 0 Å². The first-order valence-corrected chi connectivity index (χ1v) is 7.33. The summed E-state index contributed by atoms with van der Waals surface area (Å²) in [6, 6.07) is 0.345. The van der Waals surface area contributed by atoms with Crippen molar-refractivity contribution in [3.8, 4) is 0 Å². The molecule has 2 N–H and O–H groups in total. The lowest BCUT2D eigenvalue weighted by molar-refractivity contribution is -0.144. The Labute approximate surface area is 119 Å². The second kappa shape index (κ2) is 6.23. The Morgan fingerprint density at radius 1 is 1.30 bits per heavy atom. The van der Waals surface area contributed by atoms with E-state index in [1.807, 2.05) is 4.90 Å². The summed E-state index contributed by atoms with van der Waals surface area (Å²) in [7, 11) is 0. The lowest BCUT2D eigenvalue weighted by atomic mass is 10.1. The number of hydrogen-bond acceptors (Lipinski definition) is 6. The summed E-state index contributed by atoms with van der Waals surface area (Å²) >= 11 is 0.806. The van der Waals surface area contributed by atoms with E-state index in [4.69, 9.17) is 5.73 Å². The van der Waals surface area contributed by atoms with Crippen LogP contribution in [0.2, 0.25) is 0 Å². The Kier molecular flexibility index (Phi) is 4.82. The van der Waals surface area contributed by atoms with E-state index in [-0.39, 0.29) is 0 Å². The Morgan fingerprint density at radius 3 is 2.40 bits per heavy atom. The van der Waals surface area contributed by atoms with Gasteiger partial charge in [-0.3, -0.25) is 4.90 Å². The SMILES string of the molecule is CCC(CN)N1CCN(c2nc(C(F)(F)F)ns2)CC1. The number of alkyl halides is 3. The molecule has 1 saturated heterocycles. The third kappa shape index (κ3) is 3.39. The predicted molar refractivity (Wildman–Crippen MR) is 71.8 cm³/mol. The molecule has 20 heavy (non-hydrogen) atoms. The predicted octanol–water partition coefficient (Wildman–Crippen LogP) is 1.42. The molecule has 1 atom stereocenters. The lowest BCUT2D eigenvalue weighted by Crippen LogP contribution is -2.52. The van der Waals surface area contributed by atoms with E-state index in [1.54, 1.807) is 0 Å². The van der Waals surface area contributed by atoms with Gasteiger partial charge in [-0.05, 0) is 6.42 Å². The summed E-state index contributed by atoms with van der Waals surface area (Å²) in [5.74, 6) is -1.05. The minimum Gasteiger partial charge on any atom is -0.344 e. The van der Waals surface area contributed by atoms with E-state index in [9.17, 15) is 13.2 Å². The van der Waals surface area contributed by atoms with Crippen LogP contribution in [0.1, 0.15) is 19.2 Å². The number of nitrogens with zero attached hydrogens (tertiary/aromatic N) is 4. The molecule has 1 aromatic rings. The van der Waals surface area contributed by atoms with Crippen LogP contribution < -0.4 is 10.6 Å². The number of hydrogen-bond donors (Lipinski definition) is 1. The Morgan fingerprint density at radius 2 is 1.95 bits per heavy atom. The molecule has 2 rings (SSSR count). The highest BCUT2D eigenvalue weighted by Crippen LogP contribution is 2.30. The van der Waals surface area contributed by atoms with Gasteiger partial charge >= 0.3 is 6.18 Å². The summed E-state index contributed by atoms with van der Waals surface area (Å²) in [5.41, 5.74) is 5.71. The first kappa shape index (κ1) is 15.5. The molecule has 5 nitrogen and oxygen atoms in total. The number of anilines is 1. The maximum atomic E-state index is 12.5. The average molecular weight is 309 g/mol. The maximum absolute atomic E-state index is 12.5. The van der Waals surface area contributed by atoms with Crippen LogP contribution in [0.5, 0.6) is 0 Å². The van der Waals surface area contributed by atoms with Gasteiger partial charge in [0.1, 0.15) is 0 Å². The number of piperazine rings is 1. The van der Waals surface area contributed by atoms with Crippen molar-refractivity contribution in [1.29, 1.82) is 0 Å². The van der Waals surface area contributed by atoms with E-state index in [0.29, 0.717) is 30.8 Å². The van der Waals surface area contributed by atoms with Crippen molar-refractivity contribution in [1.82, 2.24) is 14.3 Å². The monoisotopic (exact) mass is 309 g/mol. The standard InChI is InChI=1S/C11H18F3N5S/c1-2-8(7-15)18-3-5-19(6-4-18)10-16-9(17-20-10)11(12,13)14/h8H,2-7,15H2,1H3. The fraction of sp³-hybridized carbons (Fsp3) is 0.818. The van der Waals surface area contributed by atoms with Crippen molar-refractivity contribution in [3.05, 3.63) is 5.82 Å². The van der Waals surface area contributed by atoms with Crippen LogP contribution in [0.15, 0.2) is 0 Å². The molecule has 0 amide bonds. The highest BCUT2D eigenvalue weighted by atomic mass is 32.1. The zero-order valence-electron chi connectivity index (χ0n) is 11.2. The molecule has 2 heterocycles. The maximum Gasteiger partial charge on any atom is 0.452 e. The van der Waals surface area contributed by atoms with E-state index in [0.717, 1.165) is 31.0 Å². The van der Waals surface area contributed by atoms with Gasteiger partial charge in [0.2, 0.25) is 11.0 Å². The third-order valence-corrected chi connectivity index (χ3v) is 4.29. The average Bonchev–Trinajstić information content (AvgIpc) is 2.90. The van der Waals surface area contributed by atoms with Crippen molar-refractivity contribution in [3.63, 3.8) is 0 Å². The molecule has 1 aromatic heterocycles. The number of nitrogens with two attached hydrogens (primary N) is 1. The third-order valence-electron chi connectivity index (χ3n) is 3.51. The summed E-state index contributed by atoms with van der Waals surface area (Å²) in [4.78, 5) is 7.71. The fourth-order valence-electron chi connectivity index (χ4n) is 2.31. The van der Waals surface area contributed by atoms with Crippen LogP contribution >= 0.6 is 11.5 Å². The zero-order chi connectivity index (χ0) is 14.8. The van der Waals surface area contributed by atoms with Gasteiger partial charge in [-0.1, -0.05) is 6.92 Å². The van der Waals surface area contributed by atoms with Crippen LogP contribution in [0, 0.1) is 0 Å². The minimum atomic E-state index is -4.47. The Hall–Kier alpha value is -0.930. The van der Waals surface area contributed by atoms with E-state index >= 15 is 0 Å². The molecule has 1 aliphatic heterocycles. The van der Waals surface area contributed by atoms with Crippen LogP contribution in [-0.4, -0.2) is 53.0 Å². The molecular formula is C11H18F3N5S. The number of aromatic nitrogens is 2. The van der Waals surface area contributed by atoms with Crippen molar-refractivity contribution in [2.24, 2.45) is 5.73 Å². The van der Waals surface area contributed by atoms with Crippen molar-refractivity contribution < 1.29 is 13.2 Å². The van der Waals surface area contributed by atoms with Crippen LogP contribution in [-0.2, 0) is 6.18 Å². The second-order valence-electron chi connectivity index (χ2n) is 4.72. The van der Waals surface area contributed by atoms with Gasteiger partial charge < -0.3 is 10.6 Å². The summed E-state index contributed by atoms with van der Waals surface area (Å²) in [6.07, 6.45) is -3.49. The second-order valence-corrected chi connectivity index (χ2v) is 5.45. The molecule has 0 aromatic carbocycles. The molecular weight excluding hydrogens is 291 g/mol. The van der Waals surface area contributed by atoms with Crippen molar-refractivity contribution in [2.45, 2.75) is 25.6 Å². The highest BCUT2D eigenvalue weighted by Gasteiger charge is 2.37. The normalized spacial score (nSPS) is 19.4. The fourth-order valence-corrected chi connectivity index (χ4v) is 3.05. The molecule has 0 aliphatic carbocycles. The lowest BCUT2D eigenvalue weighted by Gasteiger charge is -2.38. The molecule has 1 fully saturated rings. The van der Waals surface area contributed by atoms with Gasteiger partial charge in [-0.25, -0.2) is 0 Å². The van der Waals surface area contributed by atoms with Crippen LogP contribution in [0.25, 0.3) is 0 Å². The Bertz CT molecular complexity index is 424. The van der Waals surface area contributed by atoms with Gasteiger partial charge in [0.15, 0.2) is 0 Å². The van der Waals surface area contributed by atoms with Gasteiger partial charge in [-0.2, -0.15) is 22.5 Å². The minimum absolute atomic E-state index is 0.345. The van der Waals surface area contributed by atoms with Gasteiger partial charge in [0.25, 0.3) is 0 Å². The molecule has 1 aliphatic rings. The quantitative estimate of drug-likeness (QED) is 0.911. The van der Waals surface area contributed by atoms with Crippen LogP contribution in [0.3, 0.4) is 0 Å². The smallest absolute Gasteiger partial charge is 0.344 e. The molecule has 1 unspecified atom stereocenters. The first-order chi connectivity index (χ1) is 9.45. The number of halogens is 3. The molecule has 9 heteroatoms. The van der Waals surface area contributed by atoms with Gasteiger partial charge in [0, 0.05) is 50.3 Å². The molecule has 0 spiro atoms. The molecule has 0 radical (unpaired) electrons. The van der Waals surface area contributed by atoms with E-state index < -0.39 is 12.0 Å². The summed E-state index contributed by atoms with van der Waals surface area (Å²) in [6.45, 7) is 5.58. The molecule has 0 bridgehead atoms. The zero-order valence-corrected chi connectivity index (χ0v) is 12.0. The van der Waals surface area contributed by atoms with Crippen molar-refractivity contribution >= 4 is 16.7 Å². The van der Waals surface area contributed by atoms with Crippen molar-refractivity contribution in [2.75, 3.05) is 37.6 Å². The van der Waals surface area contributed by atoms with E-state index in [2.05, 4.69) is 21.2 Å². The topological polar surface area (TPSA) is 58.3 Å². The highest BCUT2D eigenvalue weighted by molar-refractivity contribution is 7.09. The van der Waals surface area contributed by atoms with Gasteiger partial charge in [0.05, 0.1) is 0 Å². The summed E-state index contributed by atoms with van der Waals surface area (Å²) in [5, 5.41) is 0.345. The Balaban J connectivity index is 1.95. The summed E-state index contributed by atoms with van der Waals surface area (Å²) < 4.78 is 40.8.